The number of carbonyl (C=O) groups excluding carboxylic acids is 1. The topological polar surface area (TPSA) is 86.9 Å². The van der Waals surface area contributed by atoms with Gasteiger partial charge in [0.25, 0.3) is 0 Å². The number of nitrogens with zero attached hydrogens (tertiary/aromatic N) is 1. The van der Waals surface area contributed by atoms with Gasteiger partial charge in [0.15, 0.2) is 5.78 Å². The number of carbonyl (C=O) groups is 1. The first-order valence-corrected chi connectivity index (χ1v) is 3.34. The molecule has 1 aliphatic rings. The van der Waals surface area contributed by atoms with Gasteiger partial charge in [-0.15, -0.1) is 24.8 Å². The summed E-state index contributed by atoms with van der Waals surface area (Å²) in [5.74, 6) is -0.0551. The van der Waals surface area contributed by atoms with Gasteiger partial charge in [-0.25, -0.2) is 0 Å². The predicted octanol–water partition coefficient (Wildman–Crippen LogP) is 0.448. The number of halogens is 2. The van der Waals surface area contributed by atoms with Gasteiger partial charge in [0.2, 0.25) is 0 Å². The summed E-state index contributed by atoms with van der Waals surface area (Å²) in [6.07, 6.45) is 1.46. The van der Waals surface area contributed by atoms with E-state index in [2.05, 4.69) is 11.6 Å². The number of rotatable bonds is 1. The van der Waals surface area contributed by atoms with E-state index in [4.69, 9.17) is 5.73 Å². The zero-order valence-corrected chi connectivity index (χ0v) is 9.37. The number of hydrogen-bond donors (Lipinski definition) is 1. The Labute approximate surface area is 95.1 Å². The largest absolute Gasteiger partial charge is 0.412 e. The highest BCUT2D eigenvalue weighted by Gasteiger charge is 2.15. The van der Waals surface area contributed by atoms with Crippen LogP contribution in [0.5, 0.6) is 0 Å². The van der Waals surface area contributed by atoms with Gasteiger partial charge in [0.05, 0.1) is 5.70 Å². The predicted molar refractivity (Wildman–Crippen MR) is 62.5 cm³/mol. The molecule has 0 fully saturated rings. The summed E-state index contributed by atoms with van der Waals surface area (Å²) in [6.45, 7) is 5.56. The summed E-state index contributed by atoms with van der Waals surface area (Å²) in [7, 11) is 0. The Balaban J connectivity index is -0.000000403. The first-order valence-electron chi connectivity index (χ1n) is 3.34. The lowest BCUT2D eigenvalue weighted by molar-refractivity contribution is -0.111. The summed E-state index contributed by atoms with van der Waals surface area (Å²) in [5.41, 5.74) is 7.04. The normalized spacial score (nSPS) is 14.1. The SMILES string of the molecule is C=C1C=NC(CN)=C(C)C1=O.Cl.Cl.O. The Kier molecular flexibility index (Phi) is 10.4. The molecule has 0 radical (unpaired) electrons. The molecule has 82 valence electrons. The lowest BCUT2D eigenvalue weighted by Crippen LogP contribution is -2.15. The highest BCUT2D eigenvalue weighted by molar-refractivity contribution is 6.22. The second-order valence-corrected chi connectivity index (χ2v) is 2.39. The molecule has 4 N–H and O–H groups in total. The highest BCUT2D eigenvalue weighted by Crippen LogP contribution is 2.13. The van der Waals surface area contributed by atoms with Crippen LogP contribution < -0.4 is 5.73 Å². The molecule has 0 aromatic rings. The van der Waals surface area contributed by atoms with Crippen LogP contribution in [0.3, 0.4) is 0 Å². The van der Waals surface area contributed by atoms with Gasteiger partial charge in [-0.1, -0.05) is 6.58 Å². The average Bonchev–Trinajstić information content (AvgIpc) is 2.01. The van der Waals surface area contributed by atoms with E-state index < -0.39 is 0 Å². The van der Waals surface area contributed by atoms with Crippen LogP contribution in [0, 0.1) is 0 Å². The Morgan fingerprint density at radius 2 is 2.00 bits per heavy atom. The molecule has 0 amide bonds. The summed E-state index contributed by atoms with van der Waals surface area (Å²) in [5, 5.41) is 0. The fourth-order valence-electron chi connectivity index (χ4n) is 0.889. The van der Waals surface area contributed by atoms with Crippen molar-refractivity contribution in [2.75, 3.05) is 6.54 Å². The van der Waals surface area contributed by atoms with Gasteiger partial charge in [0, 0.05) is 23.9 Å². The number of nitrogens with two attached hydrogens (primary N) is 1. The molecule has 0 spiro atoms. The van der Waals surface area contributed by atoms with Gasteiger partial charge >= 0.3 is 0 Å². The van der Waals surface area contributed by atoms with E-state index in [0.29, 0.717) is 23.4 Å². The van der Waals surface area contributed by atoms with Crippen molar-refractivity contribution in [1.29, 1.82) is 0 Å². The first-order chi connectivity index (χ1) is 5.16. The van der Waals surface area contributed by atoms with E-state index in [1.807, 2.05) is 0 Å². The maximum Gasteiger partial charge on any atom is 0.191 e. The van der Waals surface area contributed by atoms with Crippen LogP contribution in [0.25, 0.3) is 0 Å². The minimum absolute atomic E-state index is 0. The van der Waals surface area contributed by atoms with Crippen LogP contribution >= 0.6 is 24.8 Å². The molecule has 0 unspecified atom stereocenters. The van der Waals surface area contributed by atoms with Gasteiger partial charge in [-0.3, -0.25) is 9.79 Å². The lowest BCUT2D eigenvalue weighted by Gasteiger charge is -2.09. The second kappa shape index (κ2) is 7.70. The van der Waals surface area contributed by atoms with Crippen molar-refractivity contribution in [3.05, 3.63) is 23.4 Å². The van der Waals surface area contributed by atoms with Crippen molar-refractivity contribution < 1.29 is 10.3 Å². The number of Topliss-reactive ketones (excluding diaryl/α,β-unsaturated/α-hetero) is 1. The summed E-state index contributed by atoms with van der Waals surface area (Å²) in [6, 6.07) is 0. The molecule has 4 nitrogen and oxygen atoms in total. The van der Waals surface area contributed by atoms with Crippen molar-refractivity contribution in [3.8, 4) is 0 Å². The van der Waals surface area contributed by atoms with Gasteiger partial charge in [-0.05, 0) is 6.92 Å². The first kappa shape index (κ1) is 19.0. The second-order valence-electron chi connectivity index (χ2n) is 2.39. The summed E-state index contributed by atoms with van der Waals surface area (Å²) >= 11 is 0. The van der Waals surface area contributed by atoms with E-state index in [9.17, 15) is 4.79 Å². The van der Waals surface area contributed by atoms with Crippen LogP contribution in [0.4, 0.5) is 0 Å². The molecule has 14 heavy (non-hydrogen) atoms. The van der Waals surface area contributed by atoms with Crippen LogP contribution in [-0.4, -0.2) is 24.0 Å². The lowest BCUT2D eigenvalue weighted by atomic mass is 10.0. The van der Waals surface area contributed by atoms with Crippen molar-refractivity contribution in [3.63, 3.8) is 0 Å². The van der Waals surface area contributed by atoms with Crippen molar-refractivity contribution >= 4 is 36.8 Å². The molecule has 1 rings (SSSR count). The molecule has 1 aliphatic heterocycles. The number of ketones is 1. The zero-order chi connectivity index (χ0) is 8.43. The van der Waals surface area contributed by atoms with Crippen molar-refractivity contribution in [2.24, 2.45) is 10.7 Å². The van der Waals surface area contributed by atoms with Crippen molar-refractivity contribution in [1.82, 2.24) is 0 Å². The third-order valence-electron chi connectivity index (χ3n) is 1.63. The molecule has 1 heterocycles. The van der Waals surface area contributed by atoms with Crippen LogP contribution in [0.2, 0.25) is 0 Å². The standard InChI is InChI=1S/C8H10N2O.2ClH.H2O/c1-5-4-10-7(3-9)6(2)8(5)11;;;/h4H,1,3,9H2,2H3;2*1H;1H2. The number of allylic oxidation sites excluding steroid dienone is 2. The third-order valence-corrected chi connectivity index (χ3v) is 1.63. The minimum atomic E-state index is -0.0551. The van der Waals surface area contributed by atoms with E-state index in [-0.39, 0.29) is 36.1 Å². The molecule has 0 saturated heterocycles. The molecule has 0 aromatic heterocycles. The van der Waals surface area contributed by atoms with Crippen LogP contribution in [-0.2, 0) is 4.79 Å². The molecular weight excluding hydrogens is 227 g/mol. The molecule has 0 aliphatic carbocycles. The quantitative estimate of drug-likeness (QED) is 0.675. The maximum absolute atomic E-state index is 11.2. The number of aliphatic imine (C=N–C) groups is 1. The molecule has 0 aromatic carbocycles. The Morgan fingerprint density at radius 1 is 1.50 bits per heavy atom. The van der Waals surface area contributed by atoms with Crippen LogP contribution in [0.1, 0.15) is 6.92 Å². The smallest absolute Gasteiger partial charge is 0.191 e. The summed E-state index contributed by atoms with van der Waals surface area (Å²) in [4.78, 5) is 15.2. The molecular formula is C8H14Cl2N2O2. The fourth-order valence-corrected chi connectivity index (χ4v) is 0.889. The fraction of sp³-hybridized carbons (Fsp3) is 0.250. The summed E-state index contributed by atoms with van der Waals surface area (Å²) < 4.78 is 0. The molecule has 0 bridgehead atoms. The van der Waals surface area contributed by atoms with E-state index in [1.165, 1.54) is 6.21 Å². The van der Waals surface area contributed by atoms with Gasteiger partial charge in [0.1, 0.15) is 0 Å². The van der Waals surface area contributed by atoms with E-state index in [1.54, 1.807) is 6.92 Å². The zero-order valence-electron chi connectivity index (χ0n) is 7.74. The van der Waals surface area contributed by atoms with Crippen LogP contribution in [0.15, 0.2) is 28.4 Å². The minimum Gasteiger partial charge on any atom is -0.412 e. The molecule has 0 saturated carbocycles. The maximum atomic E-state index is 11.2. The van der Waals surface area contributed by atoms with Crippen molar-refractivity contribution in [2.45, 2.75) is 6.92 Å². The monoisotopic (exact) mass is 240 g/mol. The van der Waals surface area contributed by atoms with Gasteiger partial charge in [-0.2, -0.15) is 0 Å². The Hall–Kier alpha value is -0.680. The Morgan fingerprint density at radius 3 is 2.43 bits per heavy atom. The average molecular weight is 241 g/mol. The Bertz CT molecular complexity index is 285. The molecule has 6 heteroatoms. The van der Waals surface area contributed by atoms with E-state index in [0.717, 1.165) is 0 Å². The van der Waals surface area contributed by atoms with E-state index >= 15 is 0 Å². The van der Waals surface area contributed by atoms with Gasteiger partial charge < -0.3 is 11.2 Å². The molecule has 0 atom stereocenters. The highest BCUT2D eigenvalue weighted by atomic mass is 35.5. The third kappa shape index (κ3) is 3.59. The number of hydrogen-bond acceptors (Lipinski definition) is 3.